The normalized spacial score (nSPS) is 12.4. The molecule has 4 heteroatoms. The number of benzene rings is 2. The molecule has 2 aromatic carbocycles. The van der Waals surface area contributed by atoms with Crippen LogP contribution in [0.2, 0.25) is 0 Å². The van der Waals surface area contributed by atoms with Gasteiger partial charge >= 0.3 is 0 Å². The fraction of sp³-hybridized carbons (Fsp3) is 0.462. The molecule has 0 fully saturated rings. The van der Waals surface area contributed by atoms with Gasteiger partial charge in [-0.2, -0.15) is 0 Å². The Morgan fingerprint density at radius 1 is 0.967 bits per heavy atom. The van der Waals surface area contributed by atoms with Crippen LogP contribution in [0.5, 0.6) is 0 Å². The lowest BCUT2D eigenvalue weighted by molar-refractivity contribution is -0.141. The van der Waals surface area contributed by atoms with Gasteiger partial charge in [-0.25, -0.2) is 0 Å². The van der Waals surface area contributed by atoms with Crippen molar-refractivity contribution >= 4 is 11.8 Å². The number of nitrogens with one attached hydrogen (secondary N) is 1. The van der Waals surface area contributed by atoms with Gasteiger partial charge < -0.3 is 10.2 Å². The molecule has 0 heterocycles. The maximum atomic E-state index is 13.4. The van der Waals surface area contributed by atoms with Crippen molar-refractivity contribution in [3.8, 4) is 0 Å². The largest absolute Gasteiger partial charge is 0.350 e. The first-order chi connectivity index (χ1) is 14.0. The van der Waals surface area contributed by atoms with Crippen molar-refractivity contribution in [2.24, 2.45) is 0 Å². The summed E-state index contributed by atoms with van der Waals surface area (Å²) in [5, 5.41) is 3.05. The van der Waals surface area contributed by atoms with Gasteiger partial charge in [-0.15, -0.1) is 0 Å². The van der Waals surface area contributed by atoms with Crippen LogP contribution < -0.4 is 5.32 Å². The average molecular weight is 409 g/mol. The highest BCUT2D eigenvalue weighted by molar-refractivity contribution is 5.88. The molecule has 0 aliphatic heterocycles. The van der Waals surface area contributed by atoms with Gasteiger partial charge in [0.2, 0.25) is 11.8 Å². The molecule has 0 unspecified atom stereocenters. The summed E-state index contributed by atoms with van der Waals surface area (Å²) in [5.41, 5.74) is 5.17. The van der Waals surface area contributed by atoms with Crippen molar-refractivity contribution in [2.75, 3.05) is 0 Å². The average Bonchev–Trinajstić information content (AvgIpc) is 2.63. The third kappa shape index (κ3) is 6.72. The highest BCUT2D eigenvalue weighted by Gasteiger charge is 2.30. The number of carbonyl (C=O) groups excluding carboxylic acids is 2. The van der Waals surface area contributed by atoms with Crippen molar-refractivity contribution < 1.29 is 9.59 Å². The molecule has 1 atom stereocenters. The molecule has 2 aromatic rings. The Morgan fingerprint density at radius 2 is 1.67 bits per heavy atom. The van der Waals surface area contributed by atoms with Gasteiger partial charge in [0.25, 0.3) is 0 Å². The Balaban J connectivity index is 2.33. The fourth-order valence-corrected chi connectivity index (χ4v) is 3.57. The van der Waals surface area contributed by atoms with Gasteiger partial charge in [-0.05, 0) is 70.2 Å². The van der Waals surface area contributed by atoms with Crippen molar-refractivity contribution in [1.29, 1.82) is 0 Å². The zero-order valence-corrected chi connectivity index (χ0v) is 19.5. The minimum absolute atomic E-state index is 0.0318. The molecule has 0 aliphatic rings. The van der Waals surface area contributed by atoms with E-state index >= 15 is 0 Å². The quantitative estimate of drug-likeness (QED) is 0.710. The van der Waals surface area contributed by atoms with Crippen LogP contribution in [0.4, 0.5) is 0 Å². The molecule has 0 saturated heterocycles. The van der Waals surface area contributed by atoms with Gasteiger partial charge in [0.05, 0.1) is 6.42 Å². The first kappa shape index (κ1) is 23.7. The summed E-state index contributed by atoms with van der Waals surface area (Å²) in [7, 11) is 0. The number of carbonyl (C=O) groups is 2. The molecular weight excluding hydrogens is 372 g/mol. The number of rotatable bonds is 7. The van der Waals surface area contributed by atoms with Crippen LogP contribution in [0.1, 0.15) is 61.9 Å². The van der Waals surface area contributed by atoms with Crippen molar-refractivity contribution in [3.63, 3.8) is 0 Å². The molecule has 0 radical (unpaired) electrons. The van der Waals surface area contributed by atoms with Crippen molar-refractivity contribution in [1.82, 2.24) is 10.2 Å². The van der Waals surface area contributed by atoms with Crippen LogP contribution >= 0.6 is 0 Å². The van der Waals surface area contributed by atoms with Crippen LogP contribution in [0.3, 0.4) is 0 Å². The molecule has 0 spiro atoms. The Morgan fingerprint density at radius 3 is 2.23 bits per heavy atom. The number of aryl methyl sites for hydroxylation is 3. The summed E-state index contributed by atoms with van der Waals surface area (Å²) in [4.78, 5) is 28.2. The van der Waals surface area contributed by atoms with Gasteiger partial charge in [0.1, 0.15) is 6.04 Å². The fourth-order valence-electron chi connectivity index (χ4n) is 3.57. The lowest BCUT2D eigenvalue weighted by atomic mass is 10.0. The molecule has 0 aromatic heterocycles. The summed E-state index contributed by atoms with van der Waals surface area (Å²) < 4.78 is 0. The van der Waals surface area contributed by atoms with Gasteiger partial charge in [-0.3, -0.25) is 9.59 Å². The monoisotopic (exact) mass is 408 g/mol. The minimum Gasteiger partial charge on any atom is -0.350 e. The summed E-state index contributed by atoms with van der Waals surface area (Å²) in [6, 6.07) is 13.7. The molecule has 30 heavy (non-hydrogen) atoms. The molecule has 0 aliphatic carbocycles. The van der Waals surface area contributed by atoms with Crippen LogP contribution in [-0.4, -0.2) is 28.3 Å². The zero-order valence-electron chi connectivity index (χ0n) is 19.5. The number of hydrogen-bond acceptors (Lipinski definition) is 2. The van der Waals surface area contributed by atoms with Crippen LogP contribution in [0.15, 0.2) is 42.5 Å². The summed E-state index contributed by atoms with van der Waals surface area (Å²) >= 11 is 0. The van der Waals surface area contributed by atoms with Crippen molar-refractivity contribution in [2.45, 2.75) is 79.4 Å². The first-order valence-electron chi connectivity index (χ1n) is 10.7. The highest BCUT2D eigenvalue weighted by Crippen LogP contribution is 2.18. The standard InChI is InChI=1S/C26H36N2O2/c1-8-23(25(30)27-26(5,6)7)28(17-22-11-9-10-18(2)14-22)24(29)16-21-13-12-19(3)20(4)15-21/h9-15,23H,8,16-17H2,1-7H3,(H,27,30)/t23-/m1/s1. The predicted octanol–water partition coefficient (Wildman–Crippen LogP) is 4.88. The third-order valence-corrected chi connectivity index (χ3v) is 5.25. The van der Waals surface area contributed by atoms with Gasteiger partial charge in [0, 0.05) is 12.1 Å². The molecule has 1 N–H and O–H groups in total. The van der Waals surface area contributed by atoms with Gasteiger partial charge in [-0.1, -0.05) is 55.0 Å². The van der Waals surface area contributed by atoms with E-state index in [1.807, 2.05) is 65.0 Å². The molecule has 2 amide bonds. The summed E-state index contributed by atoms with van der Waals surface area (Å²) in [6.45, 7) is 14.4. The second-order valence-corrected chi connectivity index (χ2v) is 9.27. The molecular formula is C26H36N2O2. The Labute approximate surface area is 181 Å². The second-order valence-electron chi connectivity index (χ2n) is 9.27. The van der Waals surface area contributed by atoms with E-state index < -0.39 is 6.04 Å². The van der Waals surface area contributed by atoms with E-state index in [2.05, 4.69) is 31.3 Å². The van der Waals surface area contributed by atoms with E-state index in [1.165, 1.54) is 11.1 Å². The van der Waals surface area contributed by atoms with E-state index in [0.717, 1.165) is 16.7 Å². The number of amides is 2. The molecule has 0 saturated carbocycles. The van der Waals surface area contributed by atoms with Crippen LogP contribution in [0.25, 0.3) is 0 Å². The summed E-state index contributed by atoms with van der Waals surface area (Å²) in [6.07, 6.45) is 0.846. The minimum atomic E-state index is -0.510. The van der Waals surface area contributed by atoms with Crippen molar-refractivity contribution in [3.05, 3.63) is 70.3 Å². The molecule has 4 nitrogen and oxygen atoms in total. The van der Waals surface area contributed by atoms with E-state index in [4.69, 9.17) is 0 Å². The molecule has 162 valence electrons. The van der Waals surface area contributed by atoms with E-state index in [9.17, 15) is 9.59 Å². The Kier molecular flexibility index (Phi) is 7.83. The number of nitrogens with zero attached hydrogens (tertiary/aromatic N) is 1. The second kappa shape index (κ2) is 9.92. The van der Waals surface area contributed by atoms with Crippen LogP contribution in [-0.2, 0) is 22.6 Å². The third-order valence-electron chi connectivity index (χ3n) is 5.25. The predicted molar refractivity (Wildman–Crippen MR) is 123 cm³/mol. The smallest absolute Gasteiger partial charge is 0.243 e. The van der Waals surface area contributed by atoms with E-state index in [1.54, 1.807) is 4.90 Å². The molecule has 0 bridgehead atoms. The molecule has 2 rings (SSSR count). The number of hydrogen-bond donors (Lipinski definition) is 1. The SMILES string of the molecule is CC[C@H](C(=O)NC(C)(C)C)N(Cc1cccc(C)c1)C(=O)Cc1ccc(C)c(C)c1. The summed E-state index contributed by atoms with van der Waals surface area (Å²) in [5.74, 6) is -0.137. The lowest BCUT2D eigenvalue weighted by Crippen LogP contribution is -2.53. The maximum Gasteiger partial charge on any atom is 0.243 e. The highest BCUT2D eigenvalue weighted by atomic mass is 16.2. The Hall–Kier alpha value is -2.62. The Bertz CT molecular complexity index is 896. The lowest BCUT2D eigenvalue weighted by Gasteiger charge is -2.33. The van der Waals surface area contributed by atoms with E-state index in [-0.39, 0.29) is 23.8 Å². The zero-order chi connectivity index (χ0) is 22.5. The topological polar surface area (TPSA) is 49.4 Å². The maximum absolute atomic E-state index is 13.4. The van der Waals surface area contributed by atoms with Gasteiger partial charge in [0.15, 0.2) is 0 Å². The first-order valence-corrected chi connectivity index (χ1v) is 10.7. The van der Waals surface area contributed by atoms with E-state index in [0.29, 0.717) is 13.0 Å². The van der Waals surface area contributed by atoms with Crippen LogP contribution in [0, 0.1) is 20.8 Å².